The van der Waals surface area contributed by atoms with Gasteiger partial charge in [-0.25, -0.2) is 18.4 Å². The average Bonchev–Trinajstić information content (AvgIpc) is 2.97. The van der Waals surface area contributed by atoms with Crippen molar-refractivity contribution >= 4 is 15.8 Å². The Kier molecular flexibility index (Phi) is 4.31. The molecule has 1 atom stereocenters. The maximum Gasteiger partial charge on any atom is 0.262 e. The number of piperidine rings is 1. The summed E-state index contributed by atoms with van der Waals surface area (Å²) in [7, 11) is -1.79. The Hall–Kier alpha value is -2.00. The van der Waals surface area contributed by atoms with Crippen molar-refractivity contribution in [2.24, 2.45) is 13.0 Å². The molecule has 1 unspecified atom stereocenters. The highest BCUT2D eigenvalue weighted by Gasteiger charge is 2.32. The third-order valence-electron chi connectivity index (χ3n) is 4.06. The predicted octanol–water partition coefficient (Wildman–Crippen LogP) is 0.436. The molecule has 3 rings (SSSR count). The molecule has 2 N–H and O–H groups in total. The molecular formula is C14H20N6O2S. The molecule has 2 aromatic rings. The fraction of sp³-hybridized carbons (Fsp3) is 0.500. The maximum atomic E-state index is 12.7. The van der Waals surface area contributed by atoms with Gasteiger partial charge in [-0.1, -0.05) is 0 Å². The topological polar surface area (TPSA) is 107 Å². The first-order valence-corrected chi connectivity index (χ1v) is 8.94. The van der Waals surface area contributed by atoms with Crippen LogP contribution < -0.4 is 5.73 Å². The minimum Gasteiger partial charge on any atom is -0.382 e. The maximum absolute atomic E-state index is 12.7. The molecule has 9 heteroatoms. The van der Waals surface area contributed by atoms with Crippen LogP contribution in [-0.4, -0.2) is 45.3 Å². The van der Waals surface area contributed by atoms with E-state index in [-0.39, 0.29) is 10.9 Å². The minimum atomic E-state index is -3.54. The van der Waals surface area contributed by atoms with Gasteiger partial charge in [0.05, 0.1) is 12.0 Å². The highest BCUT2D eigenvalue weighted by atomic mass is 32.2. The van der Waals surface area contributed by atoms with E-state index in [2.05, 4.69) is 15.0 Å². The van der Waals surface area contributed by atoms with E-state index in [1.807, 2.05) is 0 Å². The van der Waals surface area contributed by atoms with Gasteiger partial charge in [0, 0.05) is 38.7 Å². The molecule has 0 amide bonds. The number of nitrogens with zero attached hydrogens (tertiary/aromatic N) is 5. The zero-order valence-corrected chi connectivity index (χ0v) is 13.8. The predicted molar refractivity (Wildman–Crippen MR) is 84.8 cm³/mol. The summed E-state index contributed by atoms with van der Waals surface area (Å²) < 4.78 is 28.5. The van der Waals surface area contributed by atoms with Crippen LogP contribution in [0.1, 0.15) is 18.5 Å². The number of aromatic nitrogens is 4. The van der Waals surface area contributed by atoms with Crippen molar-refractivity contribution in [3.05, 3.63) is 30.6 Å². The summed E-state index contributed by atoms with van der Waals surface area (Å²) in [6, 6.07) is 0. The standard InChI is InChI=1S/C14H20N6O2S/c1-19-9-13(18-10-19)23(21,22)20-6-2-3-11(8-20)7-12-14(15)17-5-4-16-12/h4-5,9-11H,2-3,6-8H2,1H3,(H2,15,17). The smallest absolute Gasteiger partial charge is 0.262 e. The zero-order chi connectivity index (χ0) is 16.4. The lowest BCUT2D eigenvalue weighted by molar-refractivity contribution is 0.264. The van der Waals surface area contributed by atoms with Crippen molar-refractivity contribution in [2.45, 2.75) is 24.3 Å². The van der Waals surface area contributed by atoms with E-state index >= 15 is 0 Å². The Morgan fingerprint density at radius 2 is 2.09 bits per heavy atom. The molecule has 1 aliphatic heterocycles. The van der Waals surface area contributed by atoms with Gasteiger partial charge in [-0.15, -0.1) is 0 Å². The Morgan fingerprint density at radius 1 is 1.30 bits per heavy atom. The second-order valence-corrected chi connectivity index (χ2v) is 7.73. The van der Waals surface area contributed by atoms with Gasteiger partial charge in [-0.05, 0) is 25.2 Å². The van der Waals surface area contributed by atoms with Gasteiger partial charge in [-0.2, -0.15) is 4.31 Å². The fourth-order valence-electron chi connectivity index (χ4n) is 2.87. The first-order chi connectivity index (χ1) is 11.0. The Balaban J connectivity index is 1.75. The summed E-state index contributed by atoms with van der Waals surface area (Å²) in [6.45, 7) is 0.972. The van der Waals surface area contributed by atoms with Crippen LogP contribution in [0.25, 0.3) is 0 Å². The van der Waals surface area contributed by atoms with E-state index in [1.54, 1.807) is 24.0 Å². The number of aryl methyl sites for hydroxylation is 1. The molecule has 1 aliphatic rings. The van der Waals surface area contributed by atoms with Gasteiger partial charge in [-0.3, -0.25) is 4.98 Å². The number of sulfonamides is 1. The zero-order valence-electron chi connectivity index (χ0n) is 13.0. The molecule has 0 aromatic carbocycles. The van der Waals surface area contributed by atoms with Crippen molar-refractivity contribution in [3.63, 3.8) is 0 Å². The molecule has 8 nitrogen and oxygen atoms in total. The van der Waals surface area contributed by atoms with Gasteiger partial charge in [0.1, 0.15) is 5.82 Å². The van der Waals surface area contributed by atoms with E-state index in [1.165, 1.54) is 16.8 Å². The van der Waals surface area contributed by atoms with Gasteiger partial charge < -0.3 is 10.3 Å². The third kappa shape index (κ3) is 3.35. The van der Waals surface area contributed by atoms with Crippen LogP contribution >= 0.6 is 0 Å². The Bertz CT molecular complexity index is 788. The number of nitrogen functional groups attached to an aromatic ring is 1. The highest BCUT2D eigenvalue weighted by Crippen LogP contribution is 2.25. The molecule has 124 valence electrons. The molecule has 0 aliphatic carbocycles. The summed E-state index contributed by atoms with van der Waals surface area (Å²) in [5.41, 5.74) is 6.56. The van der Waals surface area contributed by atoms with Crippen molar-refractivity contribution in [1.82, 2.24) is 23.8 Å². The van der Waals surface area contributed by atoms with Crippen molar-refractivity contribution in [3.8, 4) is 0 Å². The molecular weight excluding hydrogens is 316 g/mol. The van der Waals surface area contributed by atoms with Crippen LogP contribution in [0.5, 0.6) is 0 Å². The van der Waals surface area contributed by atoms with Crippen molar-refractivity contribution < 1.29 is 8.42 Å². The summed E-state index contributed by atoms with van der Waals surface area (Å²) in [6.07, 6.45) is 8.58. The molecule has 0 bridgehead atoms. The van der Waals surface area contributed by atoms with E-state index in [0.29, 0.717) is 25.3 Å². The monoisotopic (exact) mass is 336 g/mol. The molecule has 23 heavy (non-hydrogen) atoms. The lowest BCUT2D eigenvalue weighted by atomic mass is 9.94. The molecule has 1 saturated heterocycles. The number of rotatable bonds is 4. The van der Waals surface area contributed by atoms with Crippen LogP contribution in [0.15, 0.2) is 29.9 Å². The average molecular weight is 336 g/mol. The third-order valence-corrected chi connectivity index (χ3v) is 5.81. The first kappa shape index (κ1) is 15.9. The first-order valence-electron chi connectivity index (χ1n) is 7.50. The van der Waals surface area contributed by atoms with Crippen molar-refractivity contribution in [2.75, 3.05) is 18.8 Å². The van der Waals surface area contributed by atoms with Crippen LogP contribution in [0.2, 0.25) is 0 Å². The van der Waals surface area contributed by atoms with Gasteiger partial charge in [0.15, 0.2) is 5.03 Å². The van der Waals surface area contributed by atoms with E-state index in [0.717, 1.165) is 18.5 Å². The van der Waals surface area contributed by atoms with Crippen LogP contribution in [-0.2, 0) is 23.5 Å². The quantitative estimate of drug-likeness (QED) is 0.868. The summed E-state index contributed by atoms with van der Waals surface area (Å²) in [5.74, 6) is 0.596. The lowest BCUT2D eigenvalue weighted by Crippen LogP contribution is -2.40. The summed E-state index contributed by atoms with van der Waals surface area (Å²) in [4.78, 5) is 12.3. The second kappa shape index (κ2) is 6.25. The van der Waals surface area contributed by atoms with E-state index < -0.39 is 10.0 Å². The number of nitrogens with two attached hydrogens (primary N) is 1. The van der Waals surface area contributed by atoms with Gasteiger partial charge in [0.2, 0.25) is 0 Å². The molecule has 1 fully saturated rings. The summed E-state index contributed by atoms with van der Waals surface area (Å²) in [5, 5.41) is 0.0969. The highest BCUT2D eigenvalue weighted by molar-refractivity contribution is 7.89. The molecule has 0 spiro atoms. The number of hydrogen-bond donors (Lipinski definition) is 1. The lowest BCUT2D eigenvalue weighted by Gasteiger charge is -2.31. The van der Waals surface area contributed by atoms with E-state index in [4.69, 9.17) is 5.73 Å². The molecule has 0 saturated carbocycles. The number of hydrogen-bond acceptors (Lipinski definition) is 6. The largest absolute Gasteiger partial charge is 0.382 e. The van der Waals surface area contributed by atoms with Crippen molar-refractivity contribution in [1.29, 1.82) is 0 Å². The van der Waals surface area contributed by atoms with Crippen LogP contribution in [0.3, 0.4) is 0 Å². The normalized spacial score (nSPS) is 19.8. The minimum absolute atomic E-state index is 0.0969. The fourth-order valence-corrected chi connectivity index (χ4v) is 4.40. The second-order valence-electron chi connectivity index (χ2n) is 5.84. The van der Waals surface area contributed by atoms with E-state index in [9.17, 15) is 8.42 Å². The molecule has 0 radical (unpaired) electrons. The van der Waals surface area contributed by atoms with Gasteiger partial charge >= 0.3 is 0 Å². The molecule has 2 aromatic heterocycles. The van der Waals surface area contributed by atoms with Crippen LogP contribution in [0, 0.1) is 5.92 Å². The SMILES string of the molecule is Cn1cnc(S(=O)(=O)N2CCCC(Cc3nccnc3N)C2)c1. The number of anilines is 1. The Morgan fingerprint density at radius 3 is 2.78 bits per heavy atom. The van der Waals surface area contributed by atoms with Gasteiger partial charge in [0.25, 0.3) is 10.0 Å². The Labute approximate surface area is 135 Å². The van der Waals surface area contributed by atoms with Crippen LogP contribution in [0.4, 0.5) is 5.82 Å². The summed E-state index contributed by atoms with van der Waals surface area (Å²) >= 11 is 0. The number of imidazole rings is 1. The molecule has 3 heterocycles.